The fourth-order valence-electron chi connectivity index (χ4n) is 4.06. The molecule has 0 radical (unpaired) electrons. The van der Waals surface area contributed by atoms with Crippen LogP contribution in [0.3, 0.4) is 0 Å². The molecule has 3 N–H and O–H groups in total. The van der Waals surface area contributed by atoms with Gasteiger partial charge in [-0.05, 0) is 43.6 Å². The van der Waals surface area contributed by atoms with E-state index in [1.165, 1.54) is 0 Å². The molecule has 1 aromatic rings. The Morgan fingerprint density at radius 1 is 1.19 bits per heavy atom. The van der Waals surface area contributed by atoms with E-state index in [2.05, 4.69) is 10.9 Å². The quantitative estimate of drug-likeness (QED) is 0.292. The molecule has 1 fully saturated rings. The SMILES string of the molecule is CC(C)CC(C(=O)NN(CCCO)S(C)(=O)=O)[C@@H](CC=Cc1ccccc1)C(=O)NO[C@H]1CCCCO1. The van der Waals surface area contributed by atoms with E-state index in [9.17, 15) is 18.0 Å². The Morgan fingerprint density at radius 3 is 2.51 bits per heavy atom. The average Bonchev–Trinajstić information content (AvgIpc) is 2.87. The Balaban J connectivity index is 2.26. The molecular formula is C26H41N3O7S. The van der Waals surface area contributed by atoms with Gasteiger partial charge in [0.15, 0.2) is 6.29 Å². The number of ether oxygens (including phenoxy) is 1. The lowest BCUT2D eigenvalue weighted by Crippen LogP contribution is -2.51. The lowest BCUT2D eigenvalue weighted by atomic mass is 9.82. The van der Waals surface area contributed by atoms with Crippen molar-refractivity contribution in [1.82, 2.24) is 15.3 Å². The number of rotatable bonds is 15. The minimum atomic E-state index is -3.78. The van der Waals surface area contributed by atoms with Gasteiger partial charge in [0.2, 0.25) is 21.8 Å². The number of hydrogen-bond donors (Lipinski definition) is 3. The van der Waals surface area contributed by atoms with Gasteiger partial charge in [-0.1, -0.05) is 56.3 Å². The molecule has 2 amide bonds. The topological polar surface area (TPSA) is 134 Å². The molecule has 1 aliphatic heterocycles. The average molecular weight is 540 g/mol. The molecule has 0 spiro atoms. The van der Waals surface area contributed by atoms with Crippen molar-refractivity contribution in [3.63, 3.8) is 0 Å². The highest BCUT2D eigenvalue weighted by Gasteiger charge is 2.36. The summed E-state index contributed by atoms with van der Waals surface area (Å²) in [6.07, 6.45) is 7.39. The molecule has 0 aromatic heterocycles. The maximum absolute atomic E-state index is 13.4. The van der Waals surface area contributed by atoms with Crippen LogP contribution in [0.1, 0.15) is 57.9 Å². The summed E-state index contributed by atoms with van der Waals surface area (Å²) < 4.78 is 30.8. The van der Waals surface area contributed by atoms with E-state index in [1.807, 2.05) is 56.3 Å². The summed E-state index contributed by atoms with van der Waals surface area (Å²) >= 11 is 0. The van der Waals surface area contributed by atoms with Gasteiger partial charge in [0.05, 0.1) is 18.1 Å². The number of aliphatic hydroxyl groups excluding tert-OH is 1. The zero-order chi connectivity index (χ0) is 27.3. The van der Waals surface area contributed by atoms with Gasteiger partial charge in [-0.15, -0.1) is 4.41 Å². The van der Waals surface area contributed by atoms with Gasteiger partial charge in [0.1, 0.15) is 0 Å². The van der Waals surface area contributed by atoms with E-state index in [0.717, 1.165) is 29.1 Å². The molecule has 208 valence electrons. The first-order valence-electron chi connectivity index (χ1n) is 12.8. The molecule has 3 atom stereocenters. The Kier molecular flexibility index (Phi) is 13.2. The zero-order valence-corrected chi connectivity index (χ0v) is 22.8. The summed E-state index contributed by atoms with van der Waals surface area (Å²) in [6.45, 7) is 4.11. The monoisotopic (exact) mass is 539 g/mol. The highest BCUT2D eigenvalue weighted by molar-refractivity contribution is 7.88. The number of amides is 2. The van der Waals surface area contributed by atoms with Crippen molar-refractivity contribution >= 4 is 27.9 Å². The summed E-state index contributed by atoms with van der Waals surface area (Å²) in [6, 6.07) is 9.58. The Morgan fingerprint density at radius 2 is 1.92 bits per heavy atom. The first-order valence-corrected chi connectivity index (χ1v) is 14.6. The van der Waals surface area contributed by atoms with Gasteiger partial charge in [0.25, 0.3) is 0 Å². The molecule has 1 saturated heterocycles. The molecule has 10 nitrogen and oxygen atoms in total. The number of allylic oxidation sites excluding steroid dienone is 1. The maximum atomic E-state index is 13.4. The molecule has 1 heterocycles. The van der Waals surface area contributed by atoms with Crippen molar-refractivity contribution in [2.24, 2.45) is 17.8 Å². The molecule has 1 aromatic carbocycles. The Labute approximate surface area is 220 Å². The molecule has 1 unspecified atom stereocenters. The lowest BCUT2D eigenvalue weighted by Gasteiger charge is -2.30. The van der Waals surface area contributed by atoms with Gasteiger partial charge in [-0.2, -0.15) is 0 Å². The van der Waals surface area contributed by atoms with Crippen LogP contribution in [0.15, 0.2) is 36.4 Å². The van der Waals surface area contributed by atoms with Crippen LogP contribution in [0.4, 0.5) is 0 Å². The normalized spacial score (nSPS) is 18.2. The standard InChI is InChI=1S/C26H41N3O7S/c1-20(2)19-23(25(31)27-29(16-10-17-30)37(3,33)34)22(14-9-13-21-11-5-4-6-12-21)26(32)28-36-24-15-7-8-18-35-24/h4-6,9,11-13,20,22-24,30H,7-8,10,14-19H2,1-3H3,(H,27,31)(H,28,32)/t22-,23?,24+/m1/s1. The van der Waals surface area contributed by atoms with Crippen molar-refractivity contribution in [1.29, 1.82) is 0 Å². The number of hydroxylamine groups is 1. The second-order valence-corrected chi connectivity index (χ2v) is 11.6. The number of carbonyl (C=O) groups is 2. The minimum absolute atomic E-state index is 0.0517. The van der Waals surface area contributed by atoms with Crippen LogP contribution in [-0.2, 0) is 29.2 Å². The molecule has 37 heavy (non-hydrogen) atoms. The van der Waals surface area contributed by atoms with Crippen LogP contribution in [0.2, 0.25) is 0 Å². The third-order valence-electron chi connectivity index (χ3n) is 5.97. The second kappa shape index (κ2) is 15.8. The smallest absolute Gasteiger partial charge is 0.247 e. The number of sulfonamides is 1. The van der Waals surface area contributed by atoms with Crippen molar-refractivity contribution in [3.8, 4) is 0 Å². The van der Waals surface area contributed by atoms with Crippen molar-refractivity contribution in [3.05, 3.63) is 42.0 Å². The first-order chi connectivity index (χ1) is 17.6. The summed E-state index contributed by atoms with van der Waals surface area (Å²) in [4.78, 5) is 32.3. The minimum Gasteiger partial charge on any atom is -0.396 e. The number of hydrogen-bond acceptors (Lipinski definition) is 7. The Bertz CT molecular complexity index is 964. The molecule has 0 aliphatic carbocycles. The fourth-order valence-corrected chi connectivity index (χ4v) is 4.78. The Hall–Kier alpha value is -2.31. The molecule has 1 aliphatic rings. The third kappa shape index (κ3) is 11.3. The van der Waals surface area contributed by atoms with Gasteiger partial charge in [-0.25, -0.2) is 18.7 Å². The van der Waals surface area contributed by atoms with E-state index in [1.54, 1.807) is 0 Å². The molecular weight excluding hydrogens is 498 g/mol. The molecule has 0 saturated carbocycles. The van der Waals surface area contributed by atoms with E-state index in [-0.39, 0.29) is 31.9 Å². The summed E-state index contributed by atoms with van der Waals surface area (Å²) in [5.74, 6) is -2.68. The summed E-state index contributed by atoms with van der Waals surface area (Å²) in [5, 5.41) is 9.14. The summed E-state index contributed by atoms with van der Waals surface area (Å²) in [5.41, 5.74) is 5.91. The highest BCUT2D eigenvalue weighted by Crippen LogP contribution is 2.26. The number of hydrazine groups is 1. The molecule has 0 bridgehead atoms. The van der Waals surface area contributed by atoms with E-state index in [4.69, 9.17) is 14.7 Å². The third-order valence-corrected chi connectivity index (χ3v) is 7.04. The van der Waals surface area contributed by atoms with Gasteiger partial charge in [0, 0.05) is 26.2 Å². The van der Waals surface area contributed by atoms with Crippen LogP contribution in [0.5, 0.6) is 0 Å². The molecule has 11 heteroatoms. The van der Waals surface area contributed by atoms with E-state index < -0.39 is 40.0 Å². The highest BCUT2D eigenvalue weighted by atomic mass is 32.2. The van der Waals surface area contributed by atoms with Gasteiger partial charge < -0.3 is 9.84 Å². The number of carbonyl (C=O) groups excluding carboxylic acids is 2. The van der Waals surface area contributed by atoms with Crippen molar-refractivity contribution < 1.29 is 32.7 Å². The lowest BCUT2D eigenvalue weighted by molar-refractivity contribution is -0.203. The maximum Gasteiger partial charge on any atom is 0.247 e. The van der Waals surface area contributed by atoms with Crippen LogP contribution < -0.4 is 10.9 Å². The largest absolute Gasteiger partial charge is 0.396 e. The molecule has 2 rings (SSSR count). The van der Waals surface area contributed by atoms with Crippen molar-refractivity contribution in [2.45, 2.75) is 58.7 Å². The van der Waals surface area contributed by atoms with Crippen LogP contribution in [-0.4, -0.2) is 62.1 Å². The van der Waals surface area contributed by atoms with Gasteiger partial charge in [-0.3, -0.25) is 15.0 Å². The predicted molar refractivity (Wildman–Crippen MR) is 141 cm³/mol. The summed E-state index contributed by atoms with van der Waals surface area (Å²) in [7, 11) is -3.78. The number of nitrogens with one attached hydrogen (secondary N) is 2. The van der Waals surface area contributed by atoms with Crippen LogP contribution in [0, 0.1) is 17.8 Å². The van der Waals surface area contributed by atoms with Crippen LogP contribution >= 0.6 is 0 Å². The number of aliphatic hydroxyl groups is 1. The number of nitrogens with zero attached hydrogens (tertiary/aromatic N) is 1. The number of benzene rings is 1. The zero-order valence-electron chi connectivity index (χ0n) is 22.0. The fraction of sp³-hybridized carbons (Fsp3) is 0.615. The first kappa shape index (κ1) is 30.9. The van der Waals surface area contributed by atoms with Crippen molar-refractivity contribution in [2.75, 3.05) is 26.0 Å². The van der Waals surface area contributed by atoms with Gasteiger partial charge >= 0.3 is 0 Å². The van der Waals surface area contributed by atoms with Crippen LogP contribution in [0.25, 0.3) is 6.08 Å². The van der Waals surface area contributed by atoms with E-state index in [0.29, 0.717) is 19.4 Å². The van der Waals surface area contributed by atoms with E-state index >= 15 is 0 Å². The second-order valence-electron chi connectivity index (χ2n) is 9.66. The predicted octanol–water partition coefficient (Wildman–Crippen LogP) is 2.62.